The average Bonchev–Trinajstić information content (AvgIpc) is 1.23. The van der Waals surface area contributed by atoms with E-state index in [1.54, 1.807) is 4.90 Å². The average molecular weight is 138 g/mol. The van der Waals surface area contributed by atoms with E-state index in [1.165, 1.54) is 0 Å². The van der Waals surface area contributed by atoms with Crippen LogP contribution in [0.5, 0.6) is 0 Å². The molecule has 0 amide bonds. The van der Waals surface area contributed by atoms with Crippen LogP contribution in [0.25, 0.3) is 0 Å². The summed E-state index contributed by atoms with van der Waals surface area (Å²) in [7, 11) is 0. The molecule has 1 fully saturated rings. The van der Waals surface area contributed by atoms with Gasteiger partial charge in [0, 0.05) is 0 Å². The Bertz CT molecular complexity index is 92.9. The van der Waals surface area contributed by atoms with Gasteiger partial charge in [-0.2, -0.15) is 0 Å². The normalized spacial score (nSPS) is 18.7. The Morgan fingerprint density at radius 1 is 1.71 bits per heavy atom. The van der Waals surface area contributed by atoms with Gasteiger partial charge in [-0.25, -0.2) is 0 Å². The van der Waals surface area contributed by atoms with Crippen LogP contribution in [0.1, 0.15) is 0 Å². The number of rotatable bonds is 0. The molecule has 7 heavy (non-hydrogen) atoms. The van der Waals surface area contributed by atoms with Gasteiger partial charge >= 0.3 is 0 Å². The monoisotopic (exact) mass is 137 g/mol. The van der Waals surface area contributed by atoms with E-state index in [2.05, 4.69) is 12.2 Å². The Kier molecular flexibility index (Phi) is 1.46. The van der Waals surface area contributed by atoms with Crippen molar-refractivity contribution in [1.29, 1.82) is 0 Å². The molecule has 0 atom stereocenters. The predicted octanol–water partition coefficient (Wildman–Crippen LogP) is 0.757. The maximum Gasteiger partial charge on any atom is 0.173 e. The van der Waals surface area contributed by atoms with E-state index in [1.807, 2.05) is 0 Å². The van der Waals surface area contributed by atoms with Gasteiger partial charge < -0.3 is 9.64 Å². The lowest BCUT2D eigenvalue weighted by Gasteiger charge is -2.29. The van der Waals surface area contributed by atoms with Crippen LogP contribution in [0.15, 0.2) is 0 Å². The second-order valence-corrected chi connectivity index (χ2v) is 2.22. The van der Waals surface area contributed by atoms with Gasteiger partial charge in [-0.1, -0.05) is 11.6 Å². The number of ether oxygens (including phenoxy) is 1. The second-order valence-electron chi connectivity index (χ2n) is 1.26. The number of hydrogen-bond acceptors (Lipinski definition) is 2. The molecule has 2 nitrogen and oxygen atoms in total. The second kappa shape index (κ2) is 1.94. The fourth-order valence-corrected chi connectivity index (χ4v) is 0.487. The molecule has 1 heterocycles. The Labute approximate surface area is 52.0 Å². The predicted molar refractivity (Wildman–Crippen MR) is 31.1 cm³/mol. The van der Waals surface area contributed by atoms with Crippen molar-refractivity contribution in [2.75, 3.05) is 13.5 Å². The van der Waals surface area contributed by atoms with Gasteiger partial charge in [0.25, 0.3) is 0 Å². The van der Waals surface area contributed by atoms with Gasteiger partial charge in [-0.3, -0.25) is 0 Å². The largest absolute Gasteiger partial charge is 0.341 e. The molecular formula is C3H4ClNOS. The standard InChI is InChI=1S/C3H4ClNOS/c4-3(7)5-1-6-2-5/h1-2H2. The Hall–Kier alpha value is 0.140. The third kappa shape index (κ3) is 1.02. The maximum atomic E-state index is 5.36. The number of hydrogen-bond donors (Lipinski definition) is 0. The first-order valence-electron chi connectivity index (χ1n) is 1.83. The molecule has 0 bridgehead atoms. The lowest BCUT2D eigenvalue weighted by Crippen LogP contribution is -2.41. The molecule has 0 aromatic rings. The van der Waals surface area contributed by atoms with Crippen LogP contribution in [-0.2, 0) is 4.74 Å². The van der Waals surface area contributed by atoms with E-state index in [0.717, 1.165) is 0 Å². The first kappa shape index (κ1) is 5.28. The maximum absolute atomic E-state index is 5.36. The summed E-state index contributed by atoms with van der Waals surface area (Å²) in [6.45, 7) is 1.12. The van der Waals surface area contributed by atoms with Crippen LogP contribution in [0.2, 0.25) is 0 Å². The van der Waals surface area contributed by atoms with Crippen molar-refractivity contribution in [2.45, 2.75) is 0 Å². The Balaban J connectivity index is 2.27. The quantitative estimate of drug-likeness (QED) is 0.278. The summed E-state index contributed by atoms with van der Waals surface area (Å²) >= 11 is 9.94. The summed E-state index contributed by atoms with van der Waals surface area (Å²) < 4.78 is 5.14. The molecule has 0 radical (unpaired) electrons. The summed E-state index contributed by atoms with van der Waals surface area (Å²) in [5, 5.41) is 0. The summed E-state index contributed by atoms with van der Waals surface area (Å²) in [4.78, 5) is 1.75. The van der Waals surface area contributed by atoms with Crippen molar-refractivity contribution < 1.29 is 4.74 Å². The first-order valence-corrected chi connectivity index (χ1v) is 2.61. The van der Waals surface area contributed by atoms with E-state index >= 15 is 0 Å². The molecule has 1 aliphatic rings. The molecule has 0 unspecified atom stereocenters. The number of thiocarbonyl (C=S) groups is 1. The molecule has 0 spiro atoms. The highest BCUT2D eigenvalue weighted by atomic mass is 35.5. The smallest absolute Gasteiger partial charge is 0.173 e. The highest BCUT2D eigenvalue weighted by Crippen LogP contribution is 2.05. The zero-order valence-corrected chi connectivity index (χ0v) is 5.13. The third-order valence-corrected chi connectivity index (χ3v) is 1.24. The van der Waals surface area contributed by atoms with Crippen LogP contribution in [0.3, 0.4) is 0 Å². The van der Waals surface area contributed by atoms with Gasteiger partial charge in [0.1, 0.15) is 13.5 Å². The molecule has 1 saturated heterocycles. The van der Waals surface area contributed by atoms with Gasteiger partial charge in [0.2, 0.25) is 0 Å². The minimum Gasteiger partial charge on any atom is -0.341 e. The zero-order valence-electron chi connectivity index (χ0n) is 3.56. The molecular weight excluding hydrogens is 134 g/mol. The molecule has 0 aliphatic carbocycles. The van der Waals surface area contributed by atoms with Crippen LogP contribution in [0, 0.1) is 0 Å². The minimum absolute atomic E-state index is 0.395. The topological polar surface area (TPSA) is 12.5 Å². The third-order valence-electron chi connectivity index (χ3n) is 0.743. The van der Waals surface area contributed by atoms with E-state index in [0.29, 0.717) is 17.9 Å². The van der Waals surface area contributed by atoms with Crippen molar-refractivity contribution in [3.63, 3.8) is 0 Å². The fourth-order valence-electron chi connectivity index (χ4n) is 0.284. The highest BCUT2D eigenvalue weighted by Gasteiger charge is 2.14. The van der Waals surface area contributed by atoms with Crippen molar-refractivity contribution in [3.8, 4) is 0 Å². The lowest BCUT2D eigenvalue weighted by atomic mass is 10.8. The van der Waals surface area contributed by atoms with Gasteiger partial charge in [-0.05, 0) is 12.2 Å². The Morgan fingerprint density at radius 2 is 2.29 bits per heavy atom. The van der Waals surface area contributed by atoms with Gasteiger partial charge in [0.05, 0.1) is 0 Å². The summed E-state index contributed by atoms with van der Waals surface area (Å²) in [5.41, 5.74) is 0. The van der Waals surface area contributed by atoms with E-state index < -0.39 is 0 Å². The van der Waals surface area contributed by atoms with Crippen LogP contribution in [0.4, 0.5) is 0 Å². The van der Waals surface area contributed by atoms with E-state index in [9.17, 15) is 0 Å². The number of halogens is 1. The molecule has 0 N–H and O–H groups in total. The van der Waals surface area contributed by atoms with Gasteiger partial charge in [-0.15, -0.1) is 0 Å². The molecule has 4 heteroatoms. The summed E-state index contributed by atoms with van der Waals surface area (Å²) in [6.07, 6.45) is 0. The van der Waals surface area contributed by atoms with Crippen LogP contribution >= 0.6 is 23.8 Å². The molecule has 1 rings (SSSR count). The minimum atomic E-state index is 0.395. The molecule has 0 aromatic heterocycles. The zero-order chi connectivity index (χ0) is 5.28. The van der Waals surface area contributed by atoms with Crippen LogP contribution < -0.4 is 0 Å². The first-order chi connectivity index (χ1) is 3.30. The van der Waals surface area contributed by atoms with Crippen molar-refractivity contribution in [3.05, 3.63) is 0 Å². The van der Waals surface area contributed by atoms with Crippen LogP contribution in [-0.4, -0.2) is 22.8 Å². The highest BCUT2D eigenvalue weighted by molar-refractivity contribution is 7.83. The van der Waals surface area contributed by atoms with Crippen molar-refractivity contribution in [2.24, 2.45) is 0 Å². The SMILES string of the molecule is S=C(Cl)N1COC1. The molecule has 0 saturated carbocycles. The van der Waals surface area contributed by atoms with Crippen molar-refractivity contribution >= 4 is 28.3 Å². The van der Waals surface area contributed by atoms with E-state index in [-0.39, 0.29) is 0 Å². The van der Waals surface area contributed by atoms with Gasteiger partial charge in [0.15, 0.2) is 4.45 Å². The summed E-state index contributed by atoms with van der Waals surface area (Å²) in [6, 6.07) is 0. The Morgan fingerprint density at radius 3 is 2.29 bits per heavy atom. The number of nitrogens with zero attached hydrogens (tertiary/aromatic N) is 1. The summed E-state index contributed by atoms with van der Waals surface area (Å²) in [5.74, 6) is 0. The van der Waals surface area contributed by atoms with Crippen molar-refractivity contribution in [1.82, 2.24) is 4.90 Å². The lowest BCUT2D eigenvalue weighted by molar-refractivity contribution is -0.0953. The van der Waals surface area contributed by atoms with E-state index in [4.69, 9.17) is 16.3 Å². The molecule has 40 valence electrons. The molecule has 1 aliphatic heterocycles. The fraction of sp³-hybridized carbons (Fsp3) is 0.667. The molecule has 0 aromatic carbocycles.